The van der Waals surface area contributed by atoms with Crippen LogP contribution >= 0.6 is 0 Å². The third-order valence-electron chi connectivity index (χ3n) is 7.87. The highest BCUT2D eigenvalue weighted by atomic mass is 19.3. The molecule has 0 aliphatic carbocycles. The van der Waals surface area contributed by atoms with Crippen LogP contribution in [0.1, 0.15) is 54.5 Å². The Morgan fingerprint density at radius 2 is 1.95 bits per heavy atom. The molecule has 1 saturated heterocycles. The van der Waals surface area contributed by atoms with Crippen LogP contribution in [0.4, 0.5) is 8.78 Å². The van der Waals surface area contributed by atoms with Crippen LogP contribution in [0.3, 0.4) is 0 Å². The Labute approximate surface area is 231 Å². The Morgan fingerprint density at radius 3 is 2.77 bits per heavy atom. The predicted octanol–water partition coefficient (Wildman–Crippen LogP) is 6.11. The molecule has 208 valence electrons. The molecule has 2 aliphatic rings. The third kappa shape index (κ3) is 5.38. The number of hydrogen-bond donors (Lipinski definition) is 2. The second kappa shape index (κ2) is 11.3. The zero-order valence-electron chi connectivity index (χ0n) is 22.3. The molecule has 0 unspecified atom stereocenters. The van der Waals surface area contributed by atoms with Crippen LogP contribution in [0.25, 0.3) is 11.0 Å². The molecule has 0 spiro atoms. The van der Waals surface area contributed by atoms with Gasteiger partial charge in [0.25, 0.3) is 6.43 Å². The number of aromatic nitrogens is 2. The summed E-state index contributed by atoms with van der Waals surface area (Å²) >= 11 is 0. The first kappa shape index (κ1) is 26.3. The van der Waals surface area contributed by atoms with Gasteiger partial charge in [0.15, 0.2) is 0 Å². The standard InChI is InChI=1S/C31H32F2N4O3/c1-19-25-18-23(40-28-9-14-36-31-24(28)8-13-35-31)4-3-21(25)10-15-37(19)29(38)17-20-2-5-27(26(16-20)30(32)33)39-22-6-11-34-12-7-22/h2-5,8-9,13-14,16,18-19,22,30,34H,6-7,10-12,15,17H2,1H3,(H,35,36)/t19-/m0/s1. The molecule has 40 heavy (non-hydrogen) atoms. The molecule has 1 fully saturated rings. The molecule has 6 rings (SSSR count). The van der Waals surface area contributed by atoms with Crippen molar-refractivity contribution in [3.05, 3.63) is 83.2 Å². The van der Waals surface area contributed by atoms with E-state index in [9.17, 15) is 13.6 Å². The smallest absolute Gasteiger partial charge is 0.267 e. The number of carbonyl (C=O) groups excluding carboxylic acids is 1. The lowest BCUT2D eigenvalue weighted by atomic mass is 9.92. The number of pyridine rings is 1. The van der Waals surface area contributed by atoms with Crippen LogP contribution in [0.2, 0.25) is 0 Å². The quantitative estimate of drug-likeness (QED) is 0.292. The van der Waals surface area contributed by atoms with Crippen molar-refractivity contribution in [2.75, 3.05) is 19.6 Å². The topological polar surface area (TPSA) is 79.5 Å². The summed E-state index contributed by atoms with van der Waals surface area (Å²) in [6.07, 6.45) is 3.08. The molecule has 1 atom stereocenters. The molecule has 0 bridgehead atoms. The molecule has 2 aliphatic heterocycles. The number of piperidine rings is 1. The number of nitrogens with zero attached hydrogens (tertiary/aromatic N) is 2. The predicted molar refractivity (Wildman–Crippen MR) is 148 cm³/mol. The van der Waals surface area contributed by atoms with E-state index in [2.05, 4.69) is 21.4 Å². The number of aromatic amines is 1. The Bertz CT molecular complexity index is 1520. The molecule has 0 radical (unpaired) electrons. The summed E-state index contributed by atoms with van der Waals surface area (Å²) in [5, 5.41) is 4.14. The van der Waals surface area contributed by atoms with Gasteiger partial charge in [-0.15, -0.1) is 0 Å². The Kier molecular flexibility index (Phi) is 7.38. The van der Waals surface area contributed by atoms with Crippen LogP contribution in [-0.2, 0) is 17.6 Å². The molecule has 2 aromatic heterocycles. The van der Waals surface area contributed by atoms with Crippen molar-refractivity contribution in [2.24, 2.45) is 0 Å². The Hall–Kier alpha value is -3.98. The highest BCUT2D eigenvalue weighted by Gasteiger charge is 2.29. The first-order valence-corrected chi connectivity index (χ1v) is 13.8. The van der Waals surface area contributed by atoms with E-state index in [0.717, 1.165) is 42.5 Å². The van der Waals surface area contributed by atoms with Crippen molar-refractivity contribution in [3.63, 3.8) is 0 Å². The Morgan fingerprint density at radius 1 is 1.10 bits per heavy atom. The van der Waals surface area contributed by atoms with E-state index < -0.39 is 6.43 Å². The minimum Gasteiger partial charge on any atom is -0.490 e. The summed E-state index contributed by atoms with van der Waals surface area (Å²) in [6.45, 7) is 4.19. The van der Waals surface area contributed by atoms with Crippen LogP contribution in [0.15, 0.2) is 60.9 Å². The largest absolute Gasteiger partial charge is 0.490 e. The van der Waals surface area contributed by atoms with Gasteiger partial charge in [-0.2, -0.15) is 0 Å². The number of carbonyl (C=O) groups is 1. The van der Waals surface area contributed by atoms with Crippen molar-refractivity contribution < 1.29 is 23.0 Å². The SMILES string of the molecule is C[C@H]1c2cc(Oc3ccnc4[nH]ccc34)ccc2CCN1C(=O)Cc1ccc(OC2CCNCC2)c(C(F)F)c1. The highest BCUT2D eigenvalue weighted by Crippen LogP contribution is 2.36. The van der Waals surface area contributed by atoms with Gasteiger partial charge in [-0.25, -0.2) is 13.8 Å². The monoisotopic (exact) mass is 546 g/mol. The zero-order chi connectivity index (χ0) is 27.6. The molecule has 4 heterocycles. The fraction of sp³-hybridized carbons (Fsp3) is 0.355. The first-order chi connectivity index (χ1) is 19.5. The van der Waals surface area contributed by atoms with Crippen LogP contribution in [-0.4, -0.2) is 46.5 Å². The van der Waals surface area contributed by atoms with Gasteiger partial charge in [0.2, 0.25) is 5.91 Å². The summed E-state index contributed by atoms with van der Waals surface area (Å²) in [7, 11) is 0. The molecule has 2 aromatic carbocycles. The average molecular weight is 547 g/mol. The number of amides is 1. The van der Waals surface area contributed by atoms with Gasteiger partial charge in [-0.3, -0.25) is 4.79 Å². The van der Waals surface area contributed by atoms with E-state index in [1.807, 2.05) is 42.3 Å². The van der Waals surface area contributed by atoms with Crippen LogP contribution in [0.5, 0.6) is 17.2 Å². The van der Waals surface area contributed by atoms with Gasteiger partial charge < -0.3 is 24.7 Å². The maximum atomic E-state index is 13.9. The Balaban J connectivity index is 1.17. The summed E-state index contributed by atoms with van der Waals surface area (Å²) in [5.41, 5.74) is 3.35. The van der Waals surface area contributed by atoms with E-state index in [1.165, 1.54) is 11.6 Å². The number of ether oxygens (including phenoxy) is 2. The van der Waals surface area contributed by atoms with Gasteiger partial charge in [-0.1, -0.05) is 12.1 Å². The van der Waals surface area contributed by atoms with Crippen molar-refractivity contribution in [2.45, 2.75) is 51.2 Å². The molecule has 7 nitrogen and oxygen atoms in total. The lowest BCUT2D eigenvalue weighted by molar-refractivity contribution is -0.133. The molecular formula is C31H32F2N4O3. The van der Waals surface area contributed by atoms with E-state index in [0.29, 0.717) is 30.0 Å². The molecule has 0 saturated carbocycles. The number of nitrogens with one attached hydrogen (secondary N) is 2. The lowest BCUT2D eigenvalue weighted by Crippen LogP contribution is -2.39. The fourth-order valence-electron chi connectivity index (χ4n) is 5.70. The van der Waals surface area contributed by atoms with E-state index in [1.54, 1.807) is 18.3 Å². The van der Waals surface area contributed by atoms with Gasteiger partial charge in [0.05, 0.1) is 23.4 Å². The van der Waals surface area contributed by atoms with E-state index in [4.69, 9.17) is 9.47 Å². The summed E-state index contributed by atoms with van der Waals surface area (Å²) in [4.78, 5) is 22.6. The summed E-state index contributed by atoms with van der Waals surface area (Å²) < 4.78 is 40.0. The summed E-state index contributed by atoms with van der Waals surface area (Å²) in [5.74, 6) is 1.49. The van der Waals surface area contributed by atoms with Crippen molar-refractivity contribution in [3.8, 4) is 17.2 Å². The number of hydrogen-bond acceptors (Lipinski definition) is 5. The second-order valence-corrected chi connectivity index (χ2v) is 10.4. The molecule has 4 aromatic rings. The maximum Gasteiger partial charge on any atom is 0.267 e. The van der Waals surface area contributed by atoms with E-state index >= 15 is 0 Å². The number of fused-ring (bicyclic) bond motifs is 2. The van der Waals surface area contributed by atoms with Gasteiger partial charge >= 0.3 is 0 Å². The molecule has 2 N–H and O–H groups in total. The van der Waals surface area contributed by atoms with Gasteiger partial charge in [-0.05, 0) is 92.4 Å². The number of rotatable bonds is 7. The number of H-pyrrole nitrogens is 1. The van der Waals surface area contributed by atoms with Crippen molar-refractivity contribution >= 4 is 16.9 Å². The normalized spacial score (nSPS) is 17.7. The minimum absolute atomic E-state index is 0.0473. The second-order valence-electron chi connectivity index (χ2n) is 10.4. The third-order valence-corrected chi connectivity index (χ3v) is 7.87. The first-order valence-electron chi connectivity index (χ1n) is 13.8. The van der Waals surface area contributed by atoms with Crippen molar-refractivity contribution in [1.29, 1.82) is 0 Å². The minimum atomic E-state index is -2.68. The van der Waals surface area contributed by atoms with Crippen LogP contribution < -0.4 is 14.8 Å². The average Bonchev–Trinajstić information content (AvgIpc) is 3.45. The van der Waals surface area contributed by atoms with Crippen LogP contribution in [0, 0.1) is 0 Å². The maximum absolute atomic E-state index is 13.9. The number of alkyl halides is 2. The molecule has 1 amide bonds. The van der Waals surface area contributed by atoms with Gasteiger partial charge in [0.1, 0.15) is 29.0 Å². The fourth-order valence-corrected chi connectivity index (χ4v) is 5.70. The molecule has 9 heteroatoms. The molecular weight excluding hydrogens is 514 g/mol. The lowest BCUT2D eigenvalue weighted by Gasteiger charge is -2.35. The van der Waals surface area contributed by atoms with Gasteiger partial charge in [0, 0.05) is 18.9 Å². The van der Waals surface area contributed by atoms with Crippen molar-refractivity contribution in [1.82, 2.24) is 20.2 Å². The zero-order valence-corrected chi connectivity index (χ0v) is 22.3. The summed E-state index contributed by atoms with van der Waals surface area (Å²) in [6, 6.07) is 14.3. The number of benzene rings is 2. The highest BCUT2D eigenvalue weighted by molar-refractivity contribution is 5.82. The van der Waals surface area contributed by atoms with E-state index in [-0.39, 0.29) is 35.8 Å². The number of halogens is 2.